The van der Waals surface area contributed by atoms with E-state index >= 15 is 0 Å². The number of fused-ring (bicyclic) bond motifs is 2. The van der Waals surface area contributed by atoms with Crippen LogP contribution in [0, 0.1) is 6.92 Å². The Morgan fingerprint density at radius 1 is 1.03 bits per heavy atom. The van der Waals surface area contributed by atoms with Crippen LogP contribution >= 0.6 is 0 Å². The summed E-state index contributed by atoms with van der Waals surface area (Å²) in [7, 11) is 0. The number of rotatable bonds is 6. The highest BCUT2D eigenvalue weighted by Gasteiger charge is 2.20. The molecule has 0 aliphatic carbocycles. The Kier molecular flexibility index (Phi) is 7.49. The summed E-state index contributed by atoms with van der Waals surface area (Å²) in [4.78, 5) is 21.8. The number of hydrogen-bond donors (Lipinski definition) is 3. The van der Waals surface area contributed by atoms with Gasteiger partial charge in [-0.3, -0.25) is 0 Å². The maximum Gasteiger partial charge on any atom is 0.340 e. The second-order valence-electron chi connectivity index (χ2n) is 7.76. The molecule has 0 amide bonds. The summed E-state index contributed by atoms with van der Waals surface area (Å²) >= 11 is 0. The Labute approximate surface area is 188 Å². The van der Waals surface area contributed by atoms with E-state index in [9.17, 15) is 15.0 Å². The van der Waals surface area contributed by atoms with Gasteiger partial charge in [0.15, 0.2) is 5.75 Å². The van der Waals surface area contributed by atoms with E-state index < -0.39 is 5.97 Å². The molecule has 0 atom stereocenters. The lowest BCUT2D eigenvalue weighted by molar-refractivity contribution is 0.0695. The van der Waals surface area contributed by atoms with Crippen molar-refractivity contribution in [1.29, 1.82) is 0 Å². The number of aryl methyl sites for hydroxylation is 1. The fraction of sp³-hybridized carbons (Fsp3) is 0.308. The van der Waals surface area contributed by atoms with E-state index in [1.807, 2.05) is 43.5 Å². The molecule has 0 aliphatic rings. The summed E-state index contributed by atoms with van der Waals surface area (Å²) in [6, 6.07) is 13.3. The third-order valence-electron chi connectivity index (χ3n) is 5.78. The molecule has 2 aromatic carbocycles. The maximum atomic E-state index is 11.7. The topological polar surface area (TPSA) is 89.5 Å². The molecule has 0 saturated heterocycles. The van der Waals surface area contributed by atoms with Crippen molar-refractivity contribution >= 4 is 27.8 Å². The second-order valence-corrected chi connectivity index (χ2v) is 7.76. The summed E-state index contributed by atoms with van der Waals surface area (Å²) in [6.45, 7) is 12.0. The number of carbonyl (C=O) groups is 1. The van der Waals surface area contributed by atoms with Gasteiger partial charge in [0.05, 0.1) is 11.2 Å². The summed E-state index contributed by atoms with van der Waals surface area (Å²) in [5.74, 6) is -1.42. The van der Waals surface area contributed by atoms with Crippen LogP contribution in [0.3, 0.4) is 0 Å². The molecule has 0 bridgehead atoms. The number of carboxylic acid groups (broad SMARTS) is 1. The number of aromatic hydroxyl groups is 1. The highest BCUT2D eigenvalue weighted by atomic mass is 16.4. The minimum absolute atomic E-state index is 0.0939. The summed E-state index contributed by atoms with van der Waals surface area (Å²) in [6.07, 6.45) is 2.21. The van der Waals surface area contributed by atoms with Gasteiger partial charge in [0.2, 0.25) is 0 Å². The molecule has 32 heavy (non-hydrogen) atoms. The summed E-state index contributed by atoms with van der Waals surface area (Å²) < 4.78 is 0. The lowest BCUT2D eigenvalue weighted by Gasteiger charge is -2.13. The smallest absolute Gasteiger partial charge is 0.340 e. The standard InChI is InChI=1S/C20H16N2O3.C6H15N/c1-11-6-7-16-14(8-11)18(20(24)25)19(23)17(22-16)9-12-10-21-15-5-3-2-4-13(12)15;1-4-7(5-2)6-3/h2-8,10,21,23H,9H2,1H3,(H,24,25);4-6H2,1-3H3. The zero-order chi connectivity index (χ0) is 23.3. The first-order valence-corrected chi connectivity index (χ1v) is 11.0. The van der Waals surface area contributed by atoms with Gasteiger partial charge < -0.3 is 20.1 Å². The van der Waals surface area contributed by atoms with Crippen molar-refractivity contribution in [2.24, 2.45) is 0 Å². The van der Waals surface area contributed by atoms with E-state index in [1.165, 1.54) is 19.6 Å². The van der Waals surface area contributed by atoms with Crippen LogP contribution in [0.1, 0.15) is 48.0 Å². The van der Waals surface area contributed by atoms with Gasteiger partial charge >= 0.3 is 5.97 Å². The van der Waals surface area contributed by atoms with Crippen LogP contribution in [0.5, 0.6) is 5.75 Å². The number of hydrogen-bond acceptors (Lipinski definition) is 4. The average Bonchev–Trinajstić information content (AvgIpc) is 3.19. The fourth-order valence-electron chi connectivity index (χ4n) is 3.89. The Hall–Kier alpha value is -3.38. The van der Waals surface area contributed by atoms with Gasteiger partial charge in [0.1, 0.15) is 5.56 Å². The first kappa shape index (κ1) is 23.3. The first-order chi connectivity index (χ1) is 15.4. The van der Waals surface area contributed by atoms with Crippen molar-refractivity contribution in [2.45, 2.75) is 34.1 Å². The van der Waals surface area contributed by atoms with Crippen molar-refractivity contribution < 1.29 is 15.0 Å². The fourth-order valence-corrected chi connectivity index (χ4v) is 3.89. The Bertz CT molecular complexity index is 1220. The largest absolute Gasteiger partial charge is 0.505 e. The second kappa shape index (κ2) is 10.3. The van der Waals surface area contributed by atoms with E-state index in [0.717, 1.165) is 22.0 Å². The molecule has 4 aromatic rings. The lowest BCUT2D eigenvalue weighted by atomic mass is 10.0. The molecule has 0 unspecified atom stereocenters. The van der Waals surface area contributed by atoms with Gasteiger partial charge in [0, 0.05) is 28.9 Å². The van der Waals surface area contributed by atoms with Gasteiger partial charge in [-0.2, -0.15) is 0 Å². The van der Waals surface area contributed by atoms with Crippen LogP contribution in [0.25, 0.3) is 21.8 Å². The van der Waals surface area contributed by atoms with Gasteiger partial charge in [-0.15, -0.1) is 0 Å². The predicted octanol–water partition coefficient (Wildman–Crippen LogP) is 5.37. The van der Waals surface area contributed by atoms with Crippen molar-refractivity contribution in [3.05, 3.63) is 71.0 Å². The van der Waals surface area contributed by atoms with Crippen molar-refractivity contribution in [1.82, 2.24) is 14.9 Å². The monoisotopic (exact) mass is 433 g/mol. The lowest BCUT2D eigenvalue weighted by Crippen LogP contribution is -2.21. The van der Waals surface area contributed by atoms with Gasteiger partial charge in [0.25, 0.3) is 0 Å². The van der Waals surface area contributed by atoms with E-state index in [1.54, 1.807) is 12.1 Å². The summed E-state index contributed by atoms with van der Waals surface area (Å²) in [5.41, 5.74) is 3.70. The van der Waals surface area contributed by atoms with Crippen molar-refractivity contribution in [2.75, 3.05) is 19.6 Å². The normalized spacial score (nSPS) is 11.0. The molecule has 6 heteroatoms. The Balaban J connectivity index is 0.000000360. The minimum Gasteiger partial charge on any atom is -0.505 e. The molecule has 2 aromatic heterocycles. The highest BCUT2D eigenvalue weighted by molar-refractivity contribution is 6.05. The molecule has 0 saturated carbocycles. The zero-order valence-electron chi connectivity index (χ0n) is 19.1. The number of nitrogens with one attached hydrogen (secondary N) is 1. The number of aromatic carboxylic acids is 1. The van der Waals surface area contributed by atoms with Gasteiger partial charge in [-0.25, -0.2) is 9.78 Å². The van der Waals surface area contributed by atoms with Crippen LogP contribution in [0.15, 0.2) is 48.7 Å². The maximum absolute atomic E-state index is 11.7. The van der Waals surface area contributed by atoms with Gasteiger partial charge in [-0.05, 0) is 50.3 Å². The summed E-state index contributed by atoms with van der Waals surface area (Å²) in [5, 5.41) is 21.6. The third kappa shape index (κ3) is 4.92. The van der Waals surface area contributed by atoms with Crippen molar-refractivity contribution in [3.63, 3.8) is 0 Å². The van der Waals surface area contributed by atoms with Crippen LogP contribution < -0.4 is 0 Å². The third-order valence-corrected chi connectivity index (χ3v) is 5.78. The van der Waals surface area contributed by atoms with Gasteiger partial charge in [-0.1, -0.05) is 50.6 Å². The predicted molar refractivity (Wildman–Crippen MR) is 130 cm³/mol. The van der Waals surface area contributed by atoms with Crippen LogP contribution in [0.2, 0.25) is 0 Å². The van der Waals surface area contributed by atoms with E-state index in [0.29, 0.717) is 23.0 Å². The van der Waals surface area contributed by atoms with Crippen LogP contribution in [0.4, 0.5) is 0 Å². The SMILES string of the molecule is CCN(CC)CC.Cc1ccc2nc(Cc3c[nH]c4ccccc34)c(O)c(C(=O)O)c2c1. The highest BCUT2D eigenvalue weighted by Crippen LogP contribution is 2.32. The van der Waals surface area contributed by atoms with Crippen LogP contribution in [-0.4, -0.2) is 50.7 Å². The molecule has 2 heterocycles. The molecule has 0 aliphatic heterocycles. The van der Waals surface area contributed by atoms with E-state index in [2.05, 4.69) is 35.6 Å². The van der Waals surface area contributed by atoms with E-state index in [4.69, 9.17) is 0 Å². The molecular weight excluding hydrogens is 402 g/mol. The molecule has 0 radical (unpaired) electrons. The number of para-hydroxylation sites is 1. The minimum atomic E-state index is -1.16. The zero-order valence-corrected chi connectivity index (χ0v) is 19.1. The molecule has 3 N–H and O–H groups in total. The van der Waals surface area contributed by atoms with Crippen LogP contribution in [-0.2, 0) is 6.42 Å². The van der Waals surface area contributed by atoms with Crippen molar-refractivity contribution in [3.8, 4) is 5.75 Å². The number of H-pyrrole nitrogens is 1. The number of pyridine rings is 1. The number of aromatic nitrogens is 2. The van der Waals surface area contributed by atoms with E-state index in [-0.39, 0.29) is 11.3 Å². The molecule has 0 spiro atoms. The Morgan fingerprint density at radius 3 is 2.34 bits per heavy atom. The Morgan fingerprint density at radius 2 is 1.72 bits per heavy atom. The number of benzene rings is 2. The molecular formula is C26H31N3O3. The molecule has 6 nitrogen and oxygen atoms in total. The average molecular weight is 434 g/mol. The first-order valence-electron chi connectivity index (χ1n) is 11.0. The number of aromatic amines is 1. The number of carboxylic acids is 1. The molecule has 168 valence electrons. The quantitative estimate of drug-likeness (QED) is 0.380. The number of nitrogens with zero attached hydrogens (tertiary/aromatic N) is 2. The molecule has 4 rings (SSSR count). The molecule has 0 fully saturated rings.